The maximum absolute atomic E-state index is 13.0. The molecule has 1 aliphatic carbocycles. The molecule has 7 heteroatoms. The number of carbonyl (C=O) groups excluding carboxylic acids is 1. The molecular formula is C20H26BrN5O. The third-order valence-electron chi connectivity index (χ3n) is 5.86. The van der Waals surface area contributed by atoms with Gasteiger partial charge in [-0.1, -0.05) is 40.4 Å². The Kier molecular flexibility index (Phi) is 5.59. The molecule has 1 amide bonds. The molecule has 0 radical (unpaired) electrons. The van der Waals surface area contributed by atoms with Crippen LogP contribution in [0.25, 0.3) is 5.69 Å². The van der Waals surface area contributed by atoms with Crippen molar-refractivity contribution in [3.63, 3.8) is 0 Å². The summed E-state index contributed by atoms with van der Waals surface area (Å²) in [4.78, 5) is 17.5. The Balaban J connectivity index is 1.42. The van der Waals surface area contributed by atoms with Gasteiger partial charge in [0.05, 0.1) is 11.4 Å². The lowest BCUT2D eigenvalue weighted by molar-refractivity contribution is 0.0517. The van der Waals surface area contributed by atoms with Crippen LogP contribution in [0.2, 0.25) is 0 Å². The SMILES string of the molecule is Cc1c(C(=O)N2CCN(C3CCCCC3)CC2)nnn1-c1ccc(Br)cc1. The summed E-state index contributed by atoms with van der Waals surface area (Å²) in [7, 11) is 0. The number of hydrogen-bond acceptors (Lipinski definition) is 4. The topological polar surface area (TPSA) is 54.3 Å². The van der Waals surface area contributed by atoms with E-state index in [-0.39, 0.29) is 5.91 Å². The quantitative estimate of drug-likeness (QED) is 0.746. The van der Waals surface area contributed by atoms with Crippen molar-refractivity contribution in [3.8, 4) is 5.69 Å². The van der Waals surface area contributed by atoms with Gasteiger partial charge in [0.25, 0.3) is 5.91 Å². The normalized spacial score (nSPS) is 19.4. The number of aromatic nitrogens is 3. The van der Waals surface area contributed by atoms with Crippen LogP contribution in [0.15, 0.2) is 28.7 Å². The van der Waals surface area contributed by atoms with Gasteiger partial charge in [0.2, 0.25) is 0 Å². The van der Waals surface area contributed by atoms with Gasteiger partial charge in [-0.15, -0.1) is 5.10 Å². The summed E-state index contributed by atoms with van der Waals surface area (Å²) in [5.74, 6) is -0.000782. The van der Waals surface area contributed by atoms with E-state index in [0.717, 1.165) is 48.1 Å². The molecule has 1 aromatic carbocycles. The van der Waals surface area contributed by atoms with Crippen LogP contribution in [0.4, 0.5) is 0 Å². The third kappa shape index (κ3) is 3.94. The van der Waals surface area contributed by atoms with Crippen LogP contribution < -0.4 is 0 Å². The van der Waals surface area contributed by atoms with Crippen LogP contribution in [0.5, 0.6) is 0 Å². The molecule has 0 N–H and O–H groups in total. The highest BCUT2D eigenvalue weighted by molar-refractivity contribution is 9.10. The molecule has 1 aromatic heterocycles. The van der Waals surface area contributed by atoms with E-state index in [2.05, 4.69) is 31.1 Å². The van der Waals surface area contributed by atoms with Crippen LogP contribution in [-0.2, 0) is 0 Å². The summed E-state index contributed by atoms with van der Waals surface area (Å²) < 4.78 is 2.74. The Morgan fingerprint density at radius 2 is 1.70 bits per heavy atom. The highest BCUT2D eigenvalue weighted by Crippen LogP contribution is 2.24. The second kappa shape index (κ2) is 8.10. The number of halogens is 1. The molecule has 2 aromatic rings. The van der Waals surface area contributed by atoms with E-state index in [4.69, 9.17) is 0 Å². The lowest BCUT2D eigenvalue weighted by Gasteiger charge is -2.40. The summed E-state index contributed by atoms with van der Waals surface area (Å²) in [5.41, 5.74) is 2.16. The van der Waals surface area contributed by atoms with Gasteiger partial charge < -0.3 is 4.90 Å². The molecule has 2 heterocycles. The summed E-state index contributed by atoms with van der Waals surface area (Å²) in [6.07, 6.45) is 6.70. The third-order valence-corrected chi connectivity index (χ3v) is 6.39. The molecular weight excluding hydrogens is 406 g/mol. The predicted molar refractivity (Wildman–Crippen MR) is 108 cm³/mol. The Bertz CT molecular complexity index is 789. The van der Waals surface area contributed by atoms with Crippen molar-refractivity contribution in [1.29, 1.82) is 0 Å². The van der Waals surface area contributed by atoms with Gasteiger partial charge in [0.1, 0.15) is 0 Å². The van der Waals surface area contributed by atoms with E-state index in [1.54, 1.807) is 4.68 Å². The van der Waals surface area contributed by atoms with Gasteiger partial charge in [0, 0.05) is 36.7 Å². The fourth-order valence-corrected chi connectivity index (χ4v) is 4.50. The van der Waals surface area contributed by atoms with E-state index in [9.17, 15) is 4.79 Å². The molecule has 1 saturated carbocycles. The molecule has 144 valence electrons. The first-order valence-electron chi connectivity index (χ1n) is 9.85. The van der Waals surface area contributed by atoms with Crippen LogP contribution >= 0.6 is 15.9 Å². The van der Waals surface area contributed by atoms with E-state index in [1.165, 1.54) is 32.1 Å². The molecule has 1 aliphatic heterocycles. The highest BCUT2D eigenvalue weighted by Gasteiger charge is 2.29. The number of hydrogen-bond donors (Lipinski definition) is 0. The van der Waals surface area contributed by atoms with Gasteiger partial charge in [-0.05, 0) is 44.0 Å². The fourth-order valence-electron chi connectivity index (χ4n) is 4.24. The minimum atomic E-state index is -0.000782. The van der Waals surface area contributed by atoms with E-state index in [0.29, 0.717) is 5.69 Å². The summed E-state index contributed by atoms with van der Waals surface area (Å²) >= 11 is 3.44. The number of piperazine rings is 1. The lowest BCUT2D eigenvalue weighted by Crippen LogP contribution is -2.52. The van der Waals surface area contributed by atoms with E-state index < -0.39 is 0 Å². The maximum Gasteiger partial charge on any atom is 0.276 e. The van der Waals surface area contributed by atoms with Crippen molar-refractivity contribution in [2.24, 2.45) is 0 Å². The van der Waals surface area contributed by atoms with Gasteiger partial charge in [0.15, 0.2) is 5.69 Å². The largest absolute Gasteiger partial charge is 0.335 e. The van der Waals surface area contributed by atoms with Gasteiger partial charge in [-0.25, -0.2) is 4.68 Å². The van der Waals surface area contributed by atoms with E-state index >= 15 is 0 Å². The molecule has 27 heavy (non-hydrogen) atoms. The van der Waals surface area contributed by atoms with Crippen molar-refractivity contribution in [1.82, 2.24) is 24.8 Å². The average Bonchev–Trinajstić information content (AvgIpc) is 3.10. The van der Waals surface area contributed by atoms with Crippen LogP contribution in [0.1, 0.15) is 48.3 Å². The van der Waals surface area contributed by atoms with Crippen molar-refractivity contribution in [2.75, 3.05) is 26.2 Å². The van der Waals surface area contributed by atoms with Gasteiger partial charge in [-0.3, -0.25) is 9.69 Å². The molecule has 6 nitrogen and oxygen atoms in total. The average molecular weight is 432 g/mol. The Morgan fingerprint density at radius 3 is 2.37 bits per heavy atom. The second-order valence-electron chi connectivity index (χ2n) is 7.53. The van der Waals surface area contributed by atoms with Gasteiger partial charge in [-0.2, -0.15) is 0 Å². The zero-order valence-corrected chi connectivity index (χ0v) is 17.4. The Morgan fingerprint density at radius 1 is 1.04 bits per heavy atom. The highest BCUT2D eigenvalue weighted by atomic mass is 79.9. The number of rotatable bonds is 3. The summed E-state index contributed by atoms with van der Waals surface area (Å²) in [6, 6.07) is 8.56. The Hall–Kier alpha value is -1.73. The molecule has 0 bridgehead atoms. The minimum absolute atomic E-state index is 0.000782. The molecule has 1 saturated heterocycles. The first kappa shape index (κ1) is 18.6. The van der Waals surface area contributed by atoms with Crippen molar-refractivity contribution in [2.45, 2.75) is 45.1 Å². The standard InChI is InChI=1S/C20H26BrN5O/c1-15-19(22-23-26(15)18-9-7-16(21)8-10-18)20(27)25-13-11-24(12-14-25)17-5-3-2-4-6-17/h7-10,17H,2-6,11-14H2,1H3. The molecule has 2 aliphatic rings. The zero-order valence-electron chi connectivity index (χ0n) is 15.8. The number of benzene rings is 1. The number of amides is 1. The molecule has 0 atom stereocenters. The van der Waals surface area contributed by atoms with Gasteiger partial charge >= 0.3 is 0 Å². The van der Waals surface area contributed by atoms with Crippen molar-refractivity contribution < 1.29 is 4.79 Å². The lowest BCUT2D eigenvalue weighted by atomic mass is 9.94. The summed E-state index contributed by atoms with van der Waals surface area (Å²) in [5, 5.41) is 8.41. The molecule has 0 unspecified atom stereocenters. The van der Waals surface area contributed by atoms with Crippen LogP contribution in [0, 0.1) is 6.92 Å². The van der Waals surface area contributed by atoms with Crippen LogP contribution in [-0.4, -0.2) is 62.9 Å². The molecule has 0 spiro atoms. The minimum Gasteiger partial charge on any atom is -0.335 e. The smallest absolute Gasteiger partial charge is 0.276 e. The molecule has 2 fully saturated rings. The first-order chi connectivity index (χ1) is 13.1. The predicted octanol–water partition coefficient (Wildman–Crippen LogP) is 3.43. The van der Waals surface area contributed by atoms with Crippen LogP contribution in [0.3, 0.4) is 0 Å². The zero-order chi connectivity index (χ0) is 18.8. The first-order valence-corrected chi connectivity index (χ1v) is 10.6. The van der Waals surface area contributed by atoms with Crippen molar-refractivity contribution >= 4 is 21.8 Å². The Labute approximate surface area is 168 Å². The van der Waals surface area contributed by atoms with Crippen molar-refractivity contribution in [3.05, 3.63) is 40.1 Å². The maximum atomic E-state index is 13.0. The second-order valence-corrected chi connectivity index (χ2v) is 8.45. The number of nitrogens with zero attached hydrogens (tertiary/aromatic N) is 5. The fraction of sp³-hybridized carbons (Fsp3) is 0.550. The summed E-state index contributed by atoms with van der Waals surface area (Å²) in [6.45, 7) is 5.40. The van der Waals surface area contributed by atoms with E-state index in [1.807, 2.05) is 36.1 Å². The number of carbonyl (C=O) groups is 1. The monoisotopic (exact) mass is 431 g/mol. The molecule has 4 rings (SSSR count).